The summed E-state index contributed by atoms with van der Waals surface area (Å²) >= 11 is 7.33. The van der Waals surface area contributed by atoms with E-state index in [0.29, 0.717) is 28.9 Å². The van der Waals surface area contributed by atoms with Crippen LogP contribution in [0.4, 0.5) is 5.69 Å². The first kappa shape index (κ1) is 17.4. The maximum atomic E-state index is 12.3. The van der Waals surface area contributed by atoms with E-state index in [-0.39, 0.29) is 10.7 Å². The van der Waals surface area contributed by atoms with Gasteiger partial charge in [0.25, 0.3) is 5.91 Å². The van der Waals surface area contributed by atoms with E-state index in [4.69, 9.17) is 21.1 Å². The highest BCUT2D eigenvalue weighted by molar-refractivity contribution is 7.98. The number of benzene rings is 1. The Kier molecular flexibility index (Phi) is 6.06. The van der Waals surface area contributed by atoms with Crippen LogP contribution in [-0.4, -0.2) is 35.8 Å². The summed E-state index contributed by atoms with van der Waals surface area (Å²) in [5.41, 5.74) is 0.676. The first-order valence-corrected chi connectivity index (χ1v) is 8.38. The molecule has 0 unspecified atom stereocenters. The number of methoxy groups -OCH3 is 1. The average Bonchev–Trinajstić information content (AvgIpc) is 2.56. The quantitative estimate of drug-likeness (QED) is 0.632. The van der Waals surface area contributed by atoms with Gasteiger partial charge in [-0.1, -0.05) is 23.4 Å². The molecule has 2 rings (SSSR count). The SMILES string of the molecule is CCOc1ccc(NC(=O)c2nc(SC)ncc2Cl)cc1OC. The van der Waals surface area contributed by atoms with Crippen LogP contribution in [0.1, 0.15) is 17.4 Å². The summed E-state index contributed by atoms with van der Waals surface area (Å²) in [7, 11) is 1.54. The lowest BCUT2D eigenvalue weighted by molar-refractivity contribution is 0.102. The molecular weight excluding hydrogens is 338 g/mol. The van der Waals surface area contributed by atoms with E-state index in [1.807, 2.05) is 13.2 Å². The summed E-state index contributed by atoms with van der Waals surface area (Å²) in [4.78, 5) is 20.5. The molecule has 8 heteroatoms. The number of rotatable bonds is 6. The molecule has 0 bridgehead atoms. The van der Waals surface area contributed by atoms with E-state index in [9.17, 15) is 4.79 Å². The van der Waals surface area contributed by atoms with Crippen LogP contribution in [0.25, 0.3) is 0 Å². The Balaban J connectivity index is 2.23. The van der Waals surface area contributed by atoms with Crippen molar-refractivity contribution < 1.29 is 14.3 Å². The zero-order chi connectivity index (χ0) is 16.8. The Hall–Kier alpha value is -1.99. The number of hydrogen-bond donors (Lipinski definition) is 1. The van der Waals surface area contributed by atoms with E-state index in [1.165, 1.54) is 25.1 Å². The number of aromatic nitrogens is 2. The average molecular weight is 354 g/mol. The summed E-state index contributed by atoms with van der Waals surface area (Å²) in [5.74, 6) is 0.722. The van der Waals surface area contributed by atoms with Gasteiger partial charge in [-0.3, -0.25) is 4.79 Å². The van der Waals surface area contributed by atoms with Crippen LogP contribution in [-0.2, 0) is 0 Å². The molecule has 0 saturated carbocycles. The molecular formula is C15H16ClN3O3S. The van der Waals surface area contributed by atoms with Gasteiger partial charge in [0.15, 0.2) is 22.3 Å². The number of carbonyl (C=O) groups excluding carboxylic acids is 1. The molecule has 2 aromatic rings. The van der Waals surface area contributed by atoms with Crippen LogP contribution in [0.2, 0.25) is 5.02 Å². The number of nitrogens with one attached hydrogen (secondary N) is 1. The summed E-state index contributed by atoms with van der Waals surface area (Å²) in [5, 5.41) is 3.40. The minimum Gasteiger partial charge on any atom is -0.493 e. The Morgan fingerprint density at radius 2 is 2.17 bits per heavy atom. The Labute approximate surface area is 143 Å². The third-order valence-corrected chi connectivity index (χ3v) is 3.68. The van der Waals surface area contributed by atoms with E-state index >= 15 is 0 Å². The highest BCUT2D eigenvalue weighted by atomic mass is 35.5. The number of thioether (sulfide) groups is 1. The number of hydrogen-bond acceptors (Lipinski definition) is 6. The molecule has 1 N–H and O–H groups in total. The van der Waals surface area contributed by atoms with Crippen molar-refractivity contribution in [3.05, 3.63) is 35.1 Å². The predicted octanol–water partition coefficient (Wildman–Crippen LogP) is 3.51. The van der Waals surface area contributed by atoms with E-state index in [0.717, 1.165) is 0 Å². The standard InChI is InChI=1S/C15H16ClN3O3S/c1-4-22-11-6-5-9(7-12(11)21-2)18-14(20)13-10(16)8-17-15(19-13)23-3/h5-8H,4H2,1-3H3,(H,18,20). The second-order valence-electron chi connectivity index (χ2n) is 4.31. The van der Waals surface area contributed by atoms with Gasteiger partial charge >= 0.3 is 0 Å². The fraction of sp³-hybridized carbons (Fsp3) is 0.267. The van der Waals surface area contributed by atoms with Crippen molar-refractivity contribution in [3.8, 4) is 11.5 Å². The van der Waals surface area contributed by atoms with Crippen LogP contribution in [0.15, 0.2) is 29.6 Å². The fourth-order valence-corrected chi connectivity index (χ4v) is 2.34. The minimum absolute atomic E-state index is 0.124. The molecule has 122 valence electrons. The molecule has 0 atom stereocenters. The third-order valence-electron chi connectivity index (χ3n) is 2.84. The second-order valence-corrected chi connectivity index (χ2v) is 5.49. The maximum Gasteiger partial charge on any atom is 0.275 e. The normalized spacial score (nSPS) is 10.3. The molecule has 23 heavy (non-hydrogen) atoms. The smallest absolute Gasteiger partial charge is 0.275 e. The number of carbonyl (C=O) groups is 1. The molecule has 0 aliphatic rings. The first-order valence-electron chi connectivity index (χ1n) is 6.77. The predicted molar refractivity (Wildman–Crippen MR) is 90.9 cm³/mol. The number of nitrogens with zero attached hydrogens (tertiary/aromatic N) is 2. The lowest BCUT2D eigenvalue weighted by atomic mass is 10.2. The van der Waals surface area contributed by atoms with Gasteiger partial charge in [0, 0.05) is 11.8 Å². The van der Waals surface area contributed by atoms with Gasteiger partial charge in [-0.15, -0.1) is 0 Å². The highest BCUT2D eigenvalue weighted by Crippen LogP contribution is 2.30. The topological polar surface area (TPSA) is 73.3 Å². The van der Waals surface area contributed by atoms with Gasteiger partial charge in [-0.2, -0.15) is 0 Å². The molecule has 0 aliphatic heterocycles. The van der Waals surface area contributed by atoms with Gasteiger partial charge < -0.3 is 14.8 Å². The largest absolute Gasteiger partial charge is 0.493 e. The van der Waals surface area contributed by atoms with Gasteiger partial charge in [0.05, 0.1) is 24.9 Å². The molecule has 1 aromatic carbocycles. The Bertz CT molecular complexity index is 712. The van der Waals surface area contributed by atoms with Crippen LogP contribution in [0, 0.1) is 0 Å². The van der Waals surface area contributed by atoms with Crippen molar-refractivity contribution in [2.45, 2.75) is 12.1 Å². The fourth-order valence-electron chi connectivity index (χ4n) is 1.82. The zero-order valence-electron chi connectivity index (χ0n) is 12.9. The lowest BCUT2D eigenvalue weighted by Gasteiger charge is -2.12. The van der Waals surface area contributed by atoms with Crippen molar-refractivity contribution in [1.82, 2.24) is 9.97 Å². The van der Waals surface area contributed by atoms with Gasteiger partial charge in [0.2, 0.25) is 0 Å². The van der Waals surface area contributed by atoms with Gasteiger partial charge in [0.1, 0.15) is 0 Å². The second kappa shape index (κ2) is 8.03. The van der Waals surface area contributed by atoms with Crippen molar-refractivity contribution >= 4 is 35.0 Å². The lowest BCUT2D eigenvalue weighted by Crippen LogP contribution is -2.15. The number of halogens is 1. The summed E-state index contributed by atoms with van der Waals surface area (Å²) in [6, 6.07) is 5.12. The molecule has 1 heterocycles. The van der Waals surface area contributed by atoms with Crippen LogP contribution < -0.4 is 14.8 Å². The number of amides is 1. The summed E-state index contributed by atoms with van der Waals surface area (Å²) in [6.45, 7) is 2.41. The maximum absolute atomic E-state index is 12.3. The Morgan fingerprint density at radius 1 is 1.39 bits per heavy atom. The van der Waals surface area contributed by atoms with Crippen molar-refractivity contribution in [3.63, 3.8) is 0 Å². The first-order chi connectivity index (χ1) is 11.1. The van der Waals surface area contributed by atoms with Crippen molar-refractivity contribution in [2.24, 2.45) is 0 Å². The molecule has 1 amide bonds. The molecule has 0 spiro atoms. The highest BCUT2D eigenvalue weighted by Gasteiger charge is 2.15. The van der Waals surface area contributed by atoms with Crippen molar-refractivity contribution in [1.29, 1.82) is 0 Å². The summed E-state index contributed by atoms with van der Waals surface area (Å²) in [6.07, 6.45) is 3.23. The summed E-state index contributed by atoms with van der Waals surface area (Å²) < 4.78 is 10.7. The monoisotopic (exact) mass is 353 g/mol. The van der Waals surface area contributed by atoms with Crippen LogP contribution >= 0.6 is 23.4 Å². The van der Waals surface area contributed by atoms with Gasteiger partial charge in [-0.05, 0) is 25.3 Å². The van der Waals surface area contributed by atoms with Crippen molar-refractivity contribution in [2.75, 3.05) is 25.3 Å². The minimum atomic E-state index is -0.418. The van der Waals surface area contributed by atoms with E-state index in [1.54, 1.807) is 18.2 Å². The van der Waals surface area contributed by atoms with E-state index < -0.39 is 5.91 Å². The van der Waals surface area contributed by atoms with Crippen LogP contribution in [0.3, 0.4) is 0 Å². The number of anilines is 1. The molecule has 0 fully saturated rings. The van der Waals surface area contributed by atoms with Crippen LogP contribution in [0.5, 0.6) is 11.5 Å². The van der Waals surface area contributed by atoms with E-state index in [2.05, 4.69) is 15.3 Å². The molecule has 0 radical (unpaired) electrons. The zero-order valence-corrected chi connectivity index (χ0v) is 14.5. The number of ether oxygens (including phenoxy) is 2. The third kappa shape index (κ3) is 4.27. The molecule has 0 aliphatic carbocycles. The molecule has 0 saturated heterocycles. The Morgan fingerprint density at radius 3 is 2.83 bits per heavy atom. The van der Waals surface area contributed by atoms with Gasteiger partial charge in [-0.25, -0.2) is 9.97 Å². The molecule has 1 aromatic heterocycles. The molecule has 6 nitrogen and oxygen atoms in total.